The zero-order chi connectivity index (χ0) is 9.90. The molecule has 0 aromatic heterocycles. The molecule has 0 heterocycles. The maximum absolute atomic E-state index is 10.9. The molecule has 0 radical (unpaired) electrons. The van der Waals surface area contributed by atoms with E-state index < -0.39 is 10.0 Å². The molecule has 0 aliphatic rings. The van der Waals surface area contributed by atoms with E-state index in [-0.39, 0.29) is 4.90 Å². The molecule has 0 fully saturated rings. The van der Waals surface area contributed by atoms with E-state index in [1.807, 2.05) is 0 Å². The molecule has 0 atom stereocenters. The molecular formula is C8H10ClNO2S. The van der Waals surface area contributed by atoms with Crippen LogP contribution in [0, 0.1) is 0 Å². The minimum absolute atomic E-state index is 0.130. The van der Waals surface area contributed by atoms with Gasteiger partial charge >= 0.3 is 0 Å². The van der Waals surface area contributed by atoms with Crippen LogP contribution >= 0.6 is 11.6 Å². The van der Waals surface area contributed by atoms with Crippen molar-refractivity contribution in [1.82, 2.24) is 0 Å². The lowest BCUT2D eigenvalue weighted by Crippen LogP contribution is -2.11. The number of benzene rings is 1. The minimum Gasteiger partial charge on any atom is -0.225 e. The van der Waals surface area contributed by atoms with E-state index in [1.165, 1.54) is 12.1 Å². The molecule has 0 bridgehead atoms. The Labute approximate surface area is 82.6 Å². The fourth-order valence-electron chi connectivity index (χ4n) is 0.955. The summed E-state index contributed by atoms with van der Waals surface area (Å²) in [5.41, 5.74) is 1.00. The van der Waals surface area contributed by atoms with E-state index in [9.17, 15) is 8.42 Å². The van der Waals surface area contributed by atoms with Crippen LogP contribution in [0.3, 0.4) is 0 Å². The van der Waals surface area contributed by atoms with Crippen LogP contribution in [0.4, 0.5) is 0 Å². The Kier molecular flexibility index (Phi) is 3.30. The molecule has 0 aliphatic heterocycles. The minimum atomic E-state index is -3.57. The van der Waals surface area contributed by atoms with Gasteiger partial charge in [-0.15, -0.1) is 11.6 Å². The molecule has 0 unspecified atom stereocenters. The van der Waals surface area contributed by atoms with E-state index in [2.05, 4.69) is 0 Å². The van der Waals surface area contributed by atoms with Crippen molar-refractivity contribution in [3.63, 3.8) is 0 Å². The lowest BCUT2D eigenvalue weighted by atomic mass is 10.2. The molecule has 72 valence electrons. The first-order chi connectivity index (χ1) is 6.04. The molecule has 0 aliphatic carbocycles. The third-order valence-corrected chi connectivity index (χ3v) is 2.75. The van der Waals surface area contributed by atoms with Gasteiger partial charge in [0.1, 0.15) is 0 Å². The molecule has 5 heteroatoms. The molecule has 1 aromatic rings. The average Bonchev–Trinajstić information content (AvgIpc) is 2.04. The Morgan fingerprint density at radius 3 is 2.15 bits per heavy atom. The van der Waals surface area contributed by atoms with Gasteiger partial charge in [0.25, 0.3) is 0 Å². The zero-order valence-electron chi connectivity index (χ0n) is 6.90. The van der Waals surface area contributed by atoms with Crippen molar-refractivity contribution in [1.29, 1.82) is 0 Å². The van der Waals surface area contributed by atoms with E-state index in [1.54, 1.807) is 12.1 Å². The van der Waals surface area contributed by atoms with Gasteiger partial charge < -0.3 is 0 Å². The highest BCUT2D eigenvalue weighted by Gasteiger charge is 2.05. The number of hydrogen-bond acceptors (Lipinski definition) is 2. The van der Waals surface area contributed by atoms with E-state index in [4.69, 9.17) is 16.7 Å². The summed E-state index contributed by atoms with van der Waals surface area (Å²) in [4.78, 5) is 0.130. The summed E-state index contributed by atoms with van der Waals surface area (Å²) in [6.07, 6.45) is 0.729. The van der Waals surface area contributed by atoms with Gasteiger partial charge in [0.05, 0.1) is 4.90 Å². The summed E-state index contributed by atoms with van der Waals surface area (Å²) in [7, 11) is -3.57. The van der Waals surface area contributed by atoms with Crippen molar-refractivity contribution in [3.8, 4) is 0 Å². The van der Waals surface area contributed by atoms with Crippen molar-refractivity contribution < 1.29 is 8.42 Å². The van der Waals surface area contributed by atoms with Crippen LogP contribution in [0.15, 0.2) is 29.2 Å². The van der Waals surface area contributed by atoms with Crippen LogP contribution in [0.25, 0.3) is 0 Å². The first-order valence-electron chi connectivity index (χ1n) is 3.72. The van der Waals surface area contributed by atoms with Crippen molar-refractivity contribution >= 4 is 21.6 Å². The standard InChI is InChI=1S/C8H10ClNO2S/c9-6-5-7-1-3-8(4-2-7)13(10,11)12/h1-4H,5-6H2,(H2,10,11,12). The van der Waals surface area contributed by atoms with Gasteiger partial charge in [-0.05, 0) is 24.1 Å². The highest BCUT2D eigenvalue weighted by Crippen LogP contribution is 2.09. The first-order valence-corrected chi connectivity index (χ1v) is 5.80. The highest BCUT2D eigenvalue weighted by atomic mass is 35.5. The van der Waals surface area contributed by atoms with Gasteiger partial charge in [0, 0.05) is 5.88 Å². The number of rotatable bonds is 3. The molecule has 2 N–H and O–H groups in total. The van der Waals surface area contributed by atoms with Gasteiger partial charge in [0.15, 0.2) is 0 Å². The fourth-order valence-corrected chi connectivity index (χ4v) is 1.69. The molecule has 13 heavy (non-hydrogen) atoms. The van der Waals surface area contributed by atoms with Crippen molar-refractivity contribution in [3.05, 3.63) is 29.8 Å². The SMILES string of the molecule is NS(=O)(=O)c1ccc(CCCl)cc1. The highest BCUT2D eigenvalue weighted by molar-refractivity contribution is 7.89. The van der Waals surface area contributed by atoms with E-state index in [0.29, 0.717) is 5.88 Å². The number of hydrogen-bond donors (Lipinski definition) is 1. The Hall–Kier alpha value is -0.580. The number of nitrogens with two attached hydrogens (primary N) is 1. The van der Waals surface area contributed by atoms with Crippen molar-refractivity contribution in [2.75, 3.05) is 5.88 Å². The van der Waals surface area contributed by atoms with Crippen LogP contribution in [0.2, 0.25) is 0 Å². The second-order valence-corrected chi connectivity index (χ2v) is 4.57. The van der Waals surface area contributed by atoms with Gasteiger partial charge in [-0.25, -0.2) is 13.6 Å². The summed E-state index contributed by atoms with van der Waals surface area (Å²) in [6.45, 7) is 0. The Morgan fingerprint density at radius 2 is 1.77 bits per heavy atom. The maximum Gasteiger partial charge on any atom is 0.238 e. The predicted octanol–water partition coefficient (Wildman–Crippen LogP) is 1.12. The van der Waals surface area contributed by atoms with Crippen LogP contribution in [-0.4, -0.2) is 14.3 Å². The van der Waals surface area contributed by atoms with Crippen LogP contribution in [0.5, 0.6) is 0 Å². The molecule has 1 rings (SSSR count). The molecule has 3 nitrogen and oxygen atoms in total. The third kappa shape index (κ3) is 2.99. The second-order valence-electron chi connectivity index (χ2n) is 2.63. The summed E-state index contributed by atoms with van der Waals surface area (Å²) < 4.78 is 21.7. The van der Waals surface area contributed by atoms with Crippen LogP contribution in [0.1, 0.15) is 5.56 Å². The summed E-state index contributed by atoms with van der Waals surface area (Å²) in [5, 5.41) is 4.93. The molecular weight excluding hydrogens is 210 g/mol. The number of halogens is 1. The van der Waals surface area contributed by atoms with Gasteiger partial charge in [-0.2, -0.15) is 0 Å². The molecule has 0 spiro atoms. The van der Waals surface area contributed by atoms with E-state index in [0.717, 1.165) is 12.0 Å². The predicted molar refractivity (Wildman–Crippen MR) is 52.2 cm³/mol. The Bertz CT molecular complexity index is 372. The van der Waals surface area contributed by atoms with Crippen LogP contribution in [-0.2, 0) is 16.4 Å². The lowest BCUT2D eigenvalue weighted by Gasteiger charge is -1.99. The number of aryl methyl sites for hydroxylation is 1. The smallest absolute Gasteiger partial charge is 0.225 e. The summed E-state index contributed by atoms with van der Waals surface area (Å²) in [5.74, 6) is 0.523. The van der Waals surface area contributed by atoms with Crippen molar-refractivity contribution in [2.45, 2.75) is 11.3 Å². The molecule has 0 saturated carbocycles. The summed E-state index contributed by atoms with van der Waals surface area (Å²) in [6, 6.07) is 6.39. The van der Waals surface area contributed by atoms with Gasteiger partial charge in [0.2, 0.25) is 10.0 Å². The quantitative estimate of drug-likeness (QED) is 0.775. The number of primary sulfonamides is 1. The Balaban J connectivity index is 2.94. The molecule has 0 saturated heterocycles. The molecule has 0 amide bonds. The maximum atomic E-state index is 10.9. The molecule has 1 aromatic carbocycles. The monoisotopic (exact) mass is 219 g/mol. The van der Waals surface area contributed by atoms with Crippen molar-refractivity contribution in [2.24, 2.45) is 5.14 Å². The Morgan fingerprint density at radius 1 is 1.23 bits per heavy atom. The first kappa shape index (κ1) is 10.5. The van der Waals surface area contributed by atoms with Gasteiger partial charge in [-0.1, -0.05) is 12.1 Å². The third-order valence-electron chi connectivity index (χ3n) is 1.64. The van der Waals surface area contributed by atoms with Gasteiger partial charge in [-0.3, -0.25) is 0 Å². The van der Waals surface area contributed by atoms with E-state index >= 15 is 0 Å². The second kappa shape index (κ2) is 4.09. The topological polar surface area (TPSA) is 60.2 Å². The normalized spacial score (nSPS) is 11.5. The summed E-state index contributed by atoms with van der Waals surface area (Å²) >= 11 is 5.52. The fraction of sp³-hybridized carbons (Fsp3) is 0.250. The van der Waals surface area contributed by atoms with Crippen LogP contribution < -0.4 is 5.14 Å². The average molecular weight is 220 g/mol. The lowest BCUT2D eigenvalue weighted by molar-refractivity contribution is 0.598. The number of alkyl halides is 1. The zero-order valence-corrected chi connectivity index (χ0v) is 8.48. The number of sulfonamides is 1. The largest absolute Gasteiger partial charge is 0.238 e.